The third kappa shape index (κ3) is 2.59. The van der Waals surface area contributed by atoms with E-state index < -0.39 is 0 Å². The van der Waals surface area contributed by atoms with Crippen molar-refractivity contribution in [1.29, 1.82) is 0 Å². The molecule has 0 amide bonds. The summed E-state index contributed by atoms with van der Waals surface area (Å²) in [6, 6.07) is 8.27. The molecule has 0 atom stereocenters. The van der Waals surface area contributed by atoms with E-state index in [4.69, 9.17) is 5.73 Å². The summed E-state index contributed by atoms with van der Waals surface area (Å²) >= 11 is 0. The van der Waals surface area contributed by atoms with Gasteiger partial charge in [0.1, 0.15) is 0 Å². The Labute approximate surface area is 108 Å². The number of benzene rings is 1. The molecule has 18 heavy (non-hydrogen) atoms. The number of nitrogens with two attached hydrogens (primary N) is 1. The third-order valence-electron chi connectivity index (χ3n) is 2.95. The number of hydrogen-bond donors (Lipinski definition) is 1. The van der Waals surface area contributed by atoms with E-state index in [0.29, 0.717) is 6.54 Å². The van der Waals surface area contributed by atoms with Crippen LogP contribution >= 0.6 is 0 Å². The molecule has 2 rings (SSSR count). The summed E-state index contributed by atoms with van der Waals surface area (Å²) in [6.07, 6.45) is 2.85. The SMILES string of the molecule is CCCc1nc(-c2ccccc2CCN)n(C)n1. The average Bonchev–Trinajstić information content (AvgIpc) is 2.72. The number of aromatic nitrogens is 3. The number of hydrogen-bond acceptors (Lipinski definition) is 3. The highest BCUT2D eigenvalue weighted by molar-refractivity contribution is 5.60. The Morgan fingerprint density at radius 3 is 2.72 bits per heavy atom. The van der Waals surface area contributed by atoms with Gasteiger partial charge in [-0.05, 0) is 24.9 Å². The molecule has 0 saturated heterocycles. The van der Waals surface area contributed by atoms with Gasteiger partial charge in [0, 0.05) is 19.0 Å². The first kappa shape index (κ1) is 12.8. The van der Waals surface area contributed by atoms with Gasteiger partial charge in [0.25, 0.3) is 0 Å². The van der Waals surface area contributed by atoms with Crippen molar-refractivity contribution in [3.05, 3.63) is 35.7 Å². The van der Waals surface area contributed by atoms with Gasteiger partial charge in [-0.25, -0.2) is 9.67 Å². The molecule has 0 fully saturated rings. The standard InChI is InChI=1S/C14H20N4/c1-3-6-13-16-14(18(2)17-13)12-8-5-4-7-11(12)9-10-15/h4-5,7-8H,3,6,9-10,15H2,1-2H3. The summed E-state index contributed by atoms with van der Waals surface area (Å²) in [5.41, 5.74) is 8.03. The van der Waals surface area contributed by atoms with Crippen LogP contribution in [0.25, 0.3) is 11.4 Å². The molecular formula is C14H20N4. The maximum absolute atomic E-state index is 5.66. The Kier molecular flexibility index (Phi) is 4.10. The minimum Gasteiger partial charge on any atom is -0.330 e. The Hall–Kier alpha value is -1.68. The van der Waals surface area contributed by atoms with Crippen molar-refractivity contribution in [2.75, 3.05) is 6.54 Å². The van der Waals surface area contributed by atoms with Crippen molar-refractivity contribution in [2.24, 2.45) is 12.8 Å². The normalized spacial score (nSPS) is 10.8. The largest absolute Gasteiger partial charge is 0.330 e. The van der Waals surface area contributed by atoms with Gasteiger partial charge >= 0.3 is 0 Å². The van der Waals surface area contributed by atoms with Crippen LogP contribution in [0.1, 0.15) is 24.7 Å². The van der Waals surface area contributed by atoms with Gasteiger partial charge in [-0.2, -0.15) is 5.10 Å². The quantitative estimate of drug-likeness (QED) is 0.874. The minimum absolute atomic E-state index is 0.649. The minimum atomic E-state index is 0.649. The lowest BCUT2D eigenvalue weighted by Crippen LogP contribution is -2.05. The van der Waals surface area contributed by atoms with Crippen molar-refractivity contribution < 1.29 is 0 Å². The zero-order valence-electron chi connectivity index (χ0n) is 11.1. The summed E-state index contributed by atoms with van der Waals surface area (Å²) in [6.45, 7) is 2.79. The van der Waals surface area contributed by atoms with Gasteiger partial charge in [-0.1, -0.05) is 31.2 Å². The Morgan fingerprint density at radius 2 is 2.00 bits per heavy atom. The second-order valence-electron chi connectivity index (χ2n) is 4.42. The molecule has 4 nitrogen and oxygen atoms in total. The van der Waals surface area contributed by atoms with E-state index in [-0.39, 0.29) is 0 Å². The fourth-order valence-electron chi connectivity index (χ4n) is 2.11. The molecule has 2 aromatic rings. The topological polar surface area (TPSA) is 56.7 Å². The molecule has 0 radical (unpaired) electrons. The molecule has 1 aromatic heterocycles. The highest BCUT2D eigenvalue weighted by Gasteiger charge is 2.11. The lowest BCUT2D eigenvalue weighted by atomic mass is 10.0. The first-order valence-electron chi connectivity index (χ1n) is 6.44. The second kappa shape index (κ2) is 5.78. The Balaban J connectivity index is 2.41. The summed E-state index contributed by atoms with van der Waals surface area (Å²) in [5, 5.41) is 4.45. The lowest BCUT2D eigenvalue weighted by molar-refractivity contribution is 0.737. The molecule has 0 aliphatic carbocycles. The van der Waals surface area contributed by atoms with Gasteiger partial charge in [-0.3, -0.25) is 0 Å². The summed E-state index contributed by atoms with van der Waals surface area (Å²) in [5.74, 6) is 1.85. The molecule has 0 unspecified atom stereocenters. The van der Waals surface area contributed by atoms with Gasteiger partial charge in [0.2, 0.25) is 0 Å². The Morgan fingerprint density at radius 1 is 1.22 bits per heavy atom. The molecule has 0 spiro atoms. The monoisotopic (exact) mass is 244 g/mol. The second-order valence-corrected chi connectivity index (χ2v) is 4.42. The van der Waals surface area contributed by atoms with Crippen LogP contribution in [0, 0.1) is 0 Å². The molecule has 96 valence electrons. The van der Waals surface area contributed by atoms with Crippen molar-refractivity contribution in [3.63, 3.8) is 0 Å². The van der Waals surface area contributed by atoms with Crippen molar-refractivity contribution in [1.82, 2.24) is 14.8 Å². The highest BCUT2D eigenvalue weighted by Crippen LogP contribution is 2.22. The average molecular weight is 244 g/mol. The van der Waals surface area contributed by atoms with Crippen LogP contribution in [0.2, 0.25) is 0 Å². The van der Waals surface area contributed by atoms with Gasteiger partial charge in [0.05, 0.1) is 0 Å². The van der Waals surface area contributed by atoms with Crippen molar-refractivity contribution in [2.45, 2.75) is 26.2 Å². The predicted molar refractivity (Wildman–Crippen MR) is 73.2 cm³/mol. The first-order chi connectivity index (χ1) is 8.76. The van der Waals surface area contributed by atoms with Crippen LogP contribution in [0.5, 0.6) is 0 Å². The van der Waals surface area contributed by atoms with Crippen LogP contribution in [0.15, 0.2) is 24.3 Å². The van der Waals surface area contributed by atoms with Crippen molar-refractivity contribution in [3.8, 4) is 11.4 Å². The van der Waals surface area contributed by atoms with Gasteiger partial charge in [-0.15, -0.1) is 0 Å². The molecule has 0 bridgehead atoms. The van der Waals surface area contributed by atoms with Crippen LogP contribution < -0.4 is 5.73 Å². The van der Waals surface area contributed by atoms with E-state index in [1.165, 1.54) is 5.56 Å². The molecule has 4 heteroatoms. The van der Waals surface area contributed by atoms with Crippen LogP contribution in [0.4, 0.5) is 0 Å². The number of nitrogens with zero attached hydrogens (tertiary/aromatic N) is 3. The van der Waals surface area contributed by atoms with Crippen molar-refractivity contribution >= 4 is 0 Å². The van der Waals surface area contributed by atoms with Gasteiger partial charge < -0.3 is 5.73 Å². The smallest absolute Gasteiger partial charge is 0.158 e. The maximum atomic E-state index is 5.66. The summed E-state index contributed by atoms with van der Waals surface area (Å²) in [7, 11) is 1.95. The molecule has 0 aliphatic rings. The highest BCUT2D eigenvalue weighted by atomic mass is 15.3. The zero-order valence-corrected chi connectivity index (χ0v) is 11.1. The first-order valence-corrected chi connectivity index (χ1v) is 6.44. The van der Waals surface area contributed by atoms with Crippen LogP contribution in [-0.2, 0) is 19.9 Å². The van der Waals surface area contributed by atoms with E-state index in [1.807, 2.05) is 23.9 Å². The third-order valence-corrected chi connectivity index (χ3v) is 2.95. The molecular weight excluding hydrogens is 224 g/mol. The van der Waals surface area contributed by atoms with Gasteiger partial charge in [0.15, 0.2) is 11.6 Å². The molecule has 0 aliphatic heterocycles. The predicted octanol–water partition coefficient (Wildman–Crippen LogP) is 1.94. The molecule has 2 N–H and O–H groups in total. The fourth-order valence-corrected chi connectivity index (χ4v) is 2.11. The number of aryl methyl sites for hydroxylation is 2. The lowest BCUT2D eigenvalue weighted by Gasteiger charge is -2.07. The van der Waals surface area contributed by atoms with Crippen LogP contribution in [-0.4, -0.2) is 21.3 Å². The molecule has 1 heterocycles. The fraction of sp³-hybridized carbons (Fsp3) is 0.429. The van der Waals surface area contributed by atoms with E-state index in [1.54, 1.807) is 0 Å². The zero-order chi connectivity index (χ0) is 13.0. The van der Waals surface area contributed by atoms with E-state index in [2.05, 4.69) is 29.1 Å². The summed E-state index contributed by atoms with van der Waals surface area (Å²) in [4.78, 5) is 4.62. The van der Waals surface area contributed by atoms with E-state index >= 15 is 0 Å². The maximum Gasteiger partial charge on any atom is 0.158 e. The van der Waals surface area contributed by atoms with Crippen LogP contribution in [0.3, 0.4) is 0 Å². The molecule has 1 aromatic carbocycles. The molecule has 0 saturated carbocycles. The van der Waals surface area contributed by atoms with E-state index in [9.17, 15) is 0 Å². The summed E-state index contributed by atoms with van der Waals surface area (Å²) < 4.78 is 1.86. The van der Waals surface area contributed by atoms with E-state index in [0.717, 1.165) is 36.5 Å². The number of rotatable bonds is 5. The Bertz CT molecular complexity index is 516.